The number of amides is 4. The van der Waals surface area contributed by atoms with Gasteiger partial charge in [-0.2, -0.15) is 0 Å². The maximum atomic E-state index is 14.5. The van der Waals surface area contributed by atoms with E-state index < -0.39 is 42.2 Å². The minimum Gasteiger partial charge on any atom is -0.481 e. The molecule has 5 N–H and O–H groups in total. The Morgan fingerprint density at radius 3 is 2.17 bits per heavy atom. The van der Waals surface area contributed by atoms with Gasteiger partial charge in [-0.05, 0) is 86.6 Å². The molecule has 2 heterocycles. The number of rotatable bonds is 30. The highest BCUT2D eigenvalue weighted by molar-refractivity contribution is 5.92. The van der Waals surface area contributed by atoms with E-state index in [2.05, 4.69) is 34.8 Å². The largest absolute Gasteiger partial charge is 0.481 e. The Bertz CT molecular complexity index is 2140. The van der Waals surface area contributed by atoms with Gasteiger partial charge < -0.3 is 40.4 Å². The summed E-state index contributed by atoms with van der Waals surface area (Å²) >= 11 is 0. The van der Waals surface area contributed by atoms with Crippen LogP contribution in [-0.2, 0) is 51.2 Å². The molecule has 0 saturated carbocycles. The highest BCUT2D eigenvalue weighted by atomic mass is 16.5. The van der Waals surface area contributed by atoms with Gasteiger partial charge in [-0.3, -0.25) is 33.7 Å². The third-order valence-electron chi connectivity index (χ3n) is 14.7. The fraction of sp³-hybridized carbons (Fsp3) is 0.636. The van der Waals surface area contributed by atoms with E-state index >= 15 is 0 Å². The summed E-state index contributed by atoms with van der Waals surface area (Å²) in [4.78, 5) is 88.6. The van der Waals surface area contributed by atoms with Gasteiger partial charge in [0.25, 0.3) is 0 Å². The maximum Gasteiger partial charge on any atom is 0.303 e. The van der Waals surface area contributed by atoms with Gasteiger partial charge in [0.05, 0.1) is 42.7 Å². The van der Waals surface area contributed by atoms with Gasteiger partial charge in [-0.15, -0.1) is 0 Å². The van der Waals surface area contributed by atoms with Crippen LogP contribution in [0.15, 0.2) is 60.8 Å². The number of ether oxygens (including phenoxy) is 2. The zero-order valence-electron chi connectivity index (χ0n) is 43.8. The average Bonchev–Trinajstić information content (AvgIpc) is 3.99. The van der Waals surface area contributed by atoms with Crippen LogP contribution in [0.2, 0.25) is 0 Å². The summed E-state index contributed by atoms with van der Waals surface area (Å²) < 4.78 is 12.2. The quantitative estimate of drug-likeness (QED) is 0.0457. The number of aromatic amines is 1. The predicted molar refractivity (Wildman–Crippen MR) is 274 cm³/mol. The summed E-state index contributed by atoms with van der Waals surface area (Å²) in [6, 6.07) is 15.0. The normalized spacial score (nSPS) is 17.9. The summed E-state index contributed by atoms with van der Waals surface area (Å²) in [5.41, 5.74) is 2.78. The number of fused-ring (bicyclic) bond motifs is 1. The third kappa shape index (κ3) is 15.9. The molecule has 15 nitrogen and oxygen atoms in total. The number of aliphatic carboxylic acids is 1. The molecule has 70 heavy (non-hydrogen) atoms. The molecule has 4 amide bonds. The number of nitrogens with zero attached hydrogens (tertiary/aromatic N) is 2. The molecule has 1 unspecified atom stereocenters. The van der Waals surface area contributed by atoms with Crippen molar-refractivity contribution in [3.8, 4) is 0 Å². The molecule has 15 heteroatoms. The standard InChI is InChI=1S/C55H84N6O9/c1-12-36(6)41(27-26-37(7)51(65)49(34(2)3)59-55(68)50(35(4)5)60(9)28-19-25-48(63)64)46(69-10)31-47(62)61-29-18-24-45(61)52(70-11)38(8)53(66)58-44(54(67)57-32-39-20-14-13-15-21-39)30-40-33-56-43-23-17-16-22-42(40)43/h13-17,20-23,33-38,41,44-46,49-50,52,56H,12,18-19,24-32H2,1-11H3,(H,57,67)(H,58,66)(H,59,68)(H,63,64)/t36-,37?,38+,41-,44-,45-,46+,49-,50-,52+/m0/s1. The number of carbonyl (C=O) groups excluding carboxylic acids is 5. The number of carboxylic acid groups (broad SMARTS) is 1. The van der Waals surface area contributed by atoms with Crippen LogP contribution in [0.25, 0.3) is 10.9 Å². The van der Waals surface area contributed by atoms with E-state index in [-0.39, 0.29) is 84.3 Å². The number of aromatic nitrogens is 1. The Morgan fingerprint density at radius 1 is 0.857 bits per heavy atom. The first-order chi connectivity index (χ1) is 33.3. The number of likely N-dealkylation sites (tertiary alicyclic amines) is 1. The molecule has 1 aliphatic rings. The Labute approximate surface area is 416 Å². The van der Waals surface area contributed by atoms with E-state index in [0.717, 1.165) is 34.9 Å². The van der Waals surface area contributed by atoms with Gasteiger partial charge in [0.2, 0.25) is 23.6 Å². The zero-order chi connectivity index (χ0) is 51.7. The van der Waals surface area contributed by atoms with Gasteiger partial charge >= 0.3 is 5.97 Å². The number of carboxylic acids is 1. The molecule has 388 valence electrons. The van der Waals surface area contributed by atoms with E-state index in [1.54, 1.807) is 21.1 Å². The van der Waals surface area contributed by atoms with Crippen LogP contribution in [-0.4, -0.2) is 126 Å². The van der Waals surface area contributed by atoms with E-state index in [1.807, 2.05) is 112 Å². The number of nitrogens with one attached hydrogen (secondary N) is 4. The lowest BCUT2D eigenvalue weighted by atomic mass is 9.79. The maximum absolute atomic E-state index is 14.5. The first kappa shape index (κ1) is 57.5. The van der Waals surface area contributed by atoms with Crippen LogP contribution in [0.1, 0.15) is 118 Å². The first-order valence-electron chi connectivity index (χ1n) is 25.6. The summed E-state index contributed by atoms with van der Waals surface area (Å²) in [6.07, 6.45) is 5.02. The van der Waals surface area contributed by atoms with Crippen molar-refractivity contribution in [1.29, 1.82) is 0 Å². The molecule has 0 bridgehead atoms. The number of Topliss-reactive ketones (excluding diaryl/α,β-unsaturated/α-hetero) is 1. The van der Waals surface area contributed by atoms with Gasteiger partial charge in [0.1, 0.15) is 6.04 Å². The summed E-state index contributed by atoms with van der Waals surface area (Å²) in [6.45, 7) is 16.9. The monoisotopic (exact) mass is 973 g/mol. The SMILES string of the molecule is CC[C@H](C)[C@H](CCC(C)C(=O)[C@@H](NC(=O)[C@H](C(C)C)N(C)CCCC(=O)O)C(C)C)[C@@H](CC(=O)N1CCC[C@H]1[C@H](OC)[C@@H](C)C(=O)N[C@@H](Cc1c[nH]c2ccccc12)C(=O)NCc1ccccc1)OC. The second-order valence-electron chi connectivity index (χ2n) is 20.4. The molecular formula is C55H84N6O9. The number of ketones is 1. The molecule has 2 aromatic carbocycles. The lowest BCUT2D eigenvalue weighted by Crippen LogP contribution is -2.55. The number of para-hydroxylation sites is 1. The van der Waals surface area contributed by atoms with Gasteiger partial charge in [0, 0.05) is 63.2 Å². The fourth-order valence-electron chi connectivity index (χ4n) is 10.4. The van der Waals surface area contributed by atoms with E-state index in [1.165, 1.54) is 0 Å². The first-order valence-corrected chi connectivity index (χ1v) is 25.6. The molecular weight excluding hydrogens is 889 g/mol. The Balaban J connectivity index is 1.43. The van der Waals surface area contributed by atoms with Crippen molar-refractivity contribution in [3.05, 3.63) is 71.9 Å². The molecule has 0 spiro atoms. The van der Waals surface area contributed by atoms with Crippen molar-refractivity contribution in [3.63, 3.8) is 0 Å². The van der Waals surface area contributed by atoms with Crippen molar-refractivity contribution in [2.24, 2.45) is 35.5 Å². The molecule has 1 fully saturated rings. The molecule has 10 atom stereocenters. The van der Waals surface area contributed by atoms with Crippen molar-refractivity contribution >= 4 is 46.3 Å². The van der Waals surface area contributed by atoms with Crippen molar-refractivity contribution < 1.29 is 43.3 Å². The smallest absolute Gasteiger partial charge is 0.303 e. The molecule has 0 radical (unpaired) electrons. The summed E-state index contributed by atoms with van der Waals surface area (Å²) in [5.74, 6) is -3.10. The second-order valence-corrected chi connectivity index (χ2v) is 20.4. The number of hydrogen-bond donors (Lipinski definition) is 5. The highest BCUT2D eigenvalue weighted by Gasteiger charge is 2.42. The summed E-state index contributed by atoms with van der Waals surface area (Å²) in [7, 11) is 5.00. The molecule has 1 aliphatic heterocycles. The number of likely N-dealkylation sites (N-methyl/N-ethyl adjacent to an activating group) is 1. The van der Waals surface area contributed by atoms with Crippen molar-refractivity contribution in [2.75, 3.05) is 34.4 Å². The molecule has 3 aromatic rings. The topological polar surface area (TPSA) is 199 Å². The Kier molecular flexibility index (Phi) is 23.0. The van der Waals surface area contributed by atoms with Crippen LogP contribution in [0.4, 0.5) is 0 Å². The second kappa shape index (κ2) is 28.1. The van der Waals surface area contributed by atoms with Crippen LogP contribution in [0, 0.1) is 35.5 Å². The lowest BCUT2D eigenvalue weighted by molar-refractivity contribution is -0.143. The number of hydrogen-bond acceptors (Lipinski definition) is 9. The van der Waals surface area contributed by atoms with E-state index in [4.69, 9.17) is 14.6 Å². The molecule has 1 aromatic heterocycles. The van der Waals surface area contributed by atoms with Crippen molar-refractivity contribution in [2.45, 2.75) is 156 Å². The average molecular weight is 973 g/mol. The third-order valence-corrected chi connectivity index (χ3v) is 14.7. The van der Waals surface area contributed by atoms with Crippen molar-refractivity contribution in [1.82, 2.24) is 30.7 Å². The minimum absolute atomic E-state index is 0.0123. The molecule has 1 saturated heterocycles. The molecule has 4 rings (SSSR count). The van der Waals surface area contributed by atoms with Gasteiger partial charge in [-0.25, -0.2) is 0 Å². The van der Waals surface area contributed by atoms with Gasteiger partial charge in [-0.1, -0.05) is 110 Å². The van der Waals surface area contributed by atoms with Crippen LogP contribution >= 0.6 is 0 Å². The van der Waals surface area contributed by atoms with Crippen LogP contribution in [0.5, 0.6) is 0 Å². The predicted octanol–water partition coefficient (Wildman–Crippen LogP) is 7.17. The van der Waals surface area contributed by atoms with Gasteiger partial charge in [0.15, 0.2) is 5.78 Å². The number of methoxy groups -OCH3 is 2. The van der Waals surface area contributed by atoms with Crippen LogP contribution < -0.4 is 16.0 Å². The van der Waals surface area contributed by atoms with E-state index in [9.17, 15) is 28.8 Å². The zero-order valence-corrected chi connectivity index (χ0v) is 43.8. The number of H-pyrrole nitrogens is 1. The lowest BCUT2D eigenvalue weighted by Gasteiger charge is -2.36. The number of carbonyl (C=O) groups is 6. The number of benzene rings is 2. The summed E-state index contributed by atoms with van der Waals surface area (Å²) in [5, 5.41) is 19.2. The Hall–Kier alpha value is -5.12. The minimum atomic E-state index is -0.881. The molecule has 0 aliphatic carbocycles. The Morgan fingerprint density at radius 2 is 1.54 bits per heavy atom. The van der Waals surface area contributed by atoms with Crippen LogP contribution in [0.3, 0.4) is 0 Å². The fourth-order valence-corrected chi connectivity index (χ4v) is 10.4. The highest BCUT2D eigenvalue weighted by Crippen LogP contribution is 2.33. The van der Waals surface area contributed by atoms with E-state index in [0.29, 0.717) is 45.3 Å².